The molecule has 6 heteroatoms. The SMILES string of the molecule is Cc1cc(Cl)nc(N2CCC(NC3CCCCC3O)CC2)c1C#N. The Kier molecular flexibility index (Phi) is 5.60. The van der Waals surface area contributed by atoms with E-state index in [-0.39, 0.29) is 12.1 Å². The quantitative estimate of drug-likeness (QED) is 0.822. The van der Waals surface area contributed by atoms with Crippen LogP contribution in [0, 0.1) is 18.3 Å². The first-order valence-electron chi connectivity index (χ1n) is 8.85. The van der Waals surface area contributed by atoms with Crippen molar-refractivity contribution in [2.75, 3.05) is 18.0 Å². The molecule has 2 N–H and O–H groups in total. The molecule has 1 aliphatic heterocycles. The van der Waals surface area contributed by atoms with E-state index in [2.05, 4.69) is 21.3 Å². The summed E-state index contributed by atoms with van der Waals surface area (Å²) in [6, 6.07) is 4.65. The minimum absolute atomic E-state index is 0.209. The standard InChI is InChI=1S/C18H25ClN4O/c1-12-10-17(19)22-18(14(12)11-20)23-8-6-13(7-9-23)21-15-4-2-3-5-16(15)24/h10,13,15-16,21,24H,2-9H2,1H3. The average molecular weight is 349 g/mol. The molecule has 0 aromatic carbocycles. The Morgan fingerprint density at radius 3 is 2.67 bits per heavy atom. The highest BCUT2D eigenvalue weighted by molar-refractivity contribution is 6.29. The molecule has 2 atom stereocenters. The molecule has 1 saturated carbocycles. The maximum atomic E-state index is 10.1. The molecule has 130 valence electrons. The Bertz CT molecular complexity index is 622. The van der Waals surface area contributed by atoms with E-state index in [1.165, 1.54) is 6.42 Å². The number of hydrogen-bond acceptors (Lipinski definition) is 5. The van der Waals surface area contributed by atoms with E-state index < -0.39 is 0 Å². The van der Waals surface area contributed by atoms with E-state index in [0.717, 1.165) is 50.8 Å². The van der Waals surface area contributed by atoms with Gasteiger partial charge in [-0.3, -0.25) is 0 Å². The zero-order valence-electron chi connectivity index (χ0n) is 14.1. The van der Waals surface area contributed by atoms with E-state index in [1.54, 1.807) is 6.07 Å². The summed E-state index contributed by atoms with van der Waals surface area (Å²) < 4.78 is 0. The number of aromatic nitrogens is 1. The van der Waals surface area contributed by atoms with Gasteiger partial charge in [0.1, 0.15) is 17.0 Å². The number of hydrogen-bond donors (Lipinski definition) is 2. The van der Waals surface area contributed by atoms with Crippen LogP contribution in [0.1, 0.15) is 49.7 Å². The van der Waals surface area contributed by atoms with Crippen LogP contribution in [0.2, 0.25) is 5.15 Å². The van der Waals surface area contributed by atoms with Gasteiger partial charge in [-0.15, -0.1) is 0 Å². The molecule has 1 aromatic heterocycles. The van der Waals surface area contributed by atoms with E-state index in [0.29, 0.717) is 22.6 Å². The predicted molar refractivity (Wildman–Crippen MR) is 95.3 cm³/mol. The number of nitrogens with zero attached hydrogens (tertiary/aromatic N) is 3. The summed E-state index contributed by atoms with van der Waals surface area (Å²) in [5.74, 6) is 0.707. The fourth-order valence-corrected chi connectivity index (χ4v) is 4.09. The molecule has 0 amide bonds. The van der Waals surface area contributed by atoms with Gasteiger partial charge >= 0.3 is 0 Å². The first kappa shape index (κ1) is 17.5. The average Bonchev–Trinajstić information content (AvgIpc) is 2.57. The third kappa shape index (κ3) is 3.83. The number of aliphatic hydroxyl groups excluding tert-OH is 1. The lowest BCUT2D eigenvalue weighted by Crippen LogP contribution is -2.51. The van der Waals surface area contributed by atoms with Gasteiger partial charge in [-0.25, -0.2) is 4.98 Å². The number of pyridine rings is 1. The lowest BCUT2D eigenvalue weighted by Gasteiger charge is -2.38. The summed E-state index contributed by atoms with van der Waals surface area (Å²) in [6.45, 7) is 3.60. The molecule has 5 nitrogen and oxygen atoms in total. The monoisotopic (exact) mass is 348 g/mol. The fraction of sp³-hybridized carbons (Fsp3) is 0.667. The number of anilines is 1. The molecule has 2 unspecified atom stereocenters. The molecule has 1 saturated heterocycles. The second-order valence-corrected chi connectivity index (χ2v) is 7.35. The highest BCUT2D eigenvalue weighted by Crippen LogP contribution is 2.27. The van der Waals surface area contributed by atoms with Gasteiger partial charge in [0.25, 0.3) is 0 Å². The predicted octanol–water partition coefficient (Wildman–Crippen LogP) is 2.78. The van der Waals surface area contributed by atoms with Gasteiger partial charge in [0.05, 0.1) is 11.7 Å². The van der Waals surface area contributed by atoms with Gasteiger partial charge in [0.15, 0.2) is 0 Å². The number of nitriles is 1. The summed E-state index contributed by atoms with van der Waals surface area (Å²) in [4.78, 5) is 6.55. The molecule has 0 spiro atoms. The van der Waals surface area contributed by atoms with Crippen molar-refractivity contribution >= 4 is 17.4 Å². The molecule has 2 fully saturated rings. The van der Waals surface area contributed by atoms with Gasteiger partial charge < -0.3 is 15.3 Å². The molecule has 1 aliphatic carbocycles. The van der Waals surface area contributed by atoms with Crippen molar-refractivity contribution in [1.82, 2.24) is 10.3 Å². The Labute approximate surface area is 148 Å². The minimum atomic E-state index is -0.209. The summed E-state index contributed by atoms with van der Waals surface area (Å²) in [5, 5.41) is 23.6. The fourth-order valence-electron chi connectivity index (χ4n) is 3.85. The zero-order valence-corrected chi connectivity index (χ0v) is 14.9. The summed E-state index contributed by atoms with van der Waals surface area (Å²) in [6.07, 6.45) is 6.07. The first-order valence-corrected chi connectivity index (χ1v) is 9.22. The number of piperidine rings is 1. The van der Waals surface area contributed by atoms with Gasteiger partial charge in [-0.2, -0.15) is 5.26 Å². The molecule has 0 radical (unpaired) electrons. The van der Waals surface area contributed by atoms with Crippen molar-refractivity contribution in [2.24, 2.45) is 0 Å². The molecule has 2 aliphatic rings. The summed E-state index contributed by atoms with van der Waals surface area (Å²) in [5.41, 5.74) is 1.49. The van der Waals surface area contributed by atoms with E-state index in [4.69, 9.17) is 11.6 Å². The van der Waals surface area contributed by atoms with Gasteiger partial charge in [-0.1, -0.05) is 24.4 Å². The van der Waals surface area contributed by atoms with Crippen LogP contribution < -0.4 is 10.2 Å². The number of rotatable bonds is 3. The van der Waals surface area contributed by atoms with Crippen molar-refractivity contribution < 1.29 is 5.11 Å². The number of aliphatic hydroxyl groups is 1. The number of nitrogens with one attached hydrogen (secondary N) is 1. The Morgan fingerprint density at radius 2 is 2.00 bits per heavy atom. The lowest BCUT2D eigenvalue weighted by molar-refractivity contribution is 0.0828. The third-order valence-corrected chi connectivity index (χ3v) is 5.45. The molecular formula is C18H25ClN4O. The Morgan fingerprint density at radius 1 is 1.29 bits per heavy atom. The Balaban J connectivity index is 1.62. The molecule has 2 heterocycles. The highest BCUT2D eigenvalue weighted by Gasteiger charge is 2.28. The lowest BCUT2D eigenvalue weighted by atomic mass is 9.91. The van der Waals surface area contributed by atoms with Crippen LogP contribution in [-0.2, 0) is 0 Å². The van der Waals surface area contributed by atoms with Crippen molar-refractivity contribution in [3.8, 4) is 6.07 Å². The second kappa shape index (κ2) is 7.69. The maximum Gasteiger partial charge on any atom is 0.148 e. The highest BCUT2D eigenvalue weighted by atomic mass is 35.5. The van der Waals surface area contributed by atoms with Crippen molar-refractivity contribution in [3.05, 3.63) is 22.3 Å². The van der Waals surface area contributed by atoms with Crippen LogP contribution in [-0.4, -0.2) is 41.4 Å². The molecule has 24 heavy (non-hydrogen) atoms. The summed E-state index contributed by atoms with van der Waals surface area (Å²) >= 11 is 6.08. The van der Waals surface area contributed by atoms with Crippen molar-refractivity contribution in [3.63, 3.8) is 0 Å². The zero-order chi connectivity index (χ0) is 17.1. The second-order valence-electron chi connectivity index (χ2n) is 6.96. The third-order valence-electron chi connectivity index (χ3n) is 5.25. The van der Waals surface area contributed by atoms with Gasteiger partial charge in [0.2, 0.25) is 0 Å². The minimum Gasteiger partial charge on any atom is -0.392 e. The Hall–Kier alpha value is -1.35. The summed E-state index contributed by atoms with van der Waals surface area (Å²) in [7, 11) is 0. The van der Waals surface area contributed by atoms with Crippen molar-refractivity contribution in [1.29, 1.82) is 5.26 Å². The van der Waals surface area contributed by atoms with E-state index in [9.17, 15) is 10.4 Å². The van der Waals surface area contributed by atoms with Crippen LogP contribution >= 0.6 is 11.6 Å². The largest absolute Gasteiger partial charge is 0.392 e. The topological polar surface area (TPSA) is 72.2 Å². The maximum absolute atomic E-state index is 10.1. The van der Waals surface area contributed by atoms with Gasteiger partial charge in [0, 0.05) is 25.2 Å². The molecular weight excluding hydrogens is 324 g/mol. The number of aryl methyl sites for hydroxylation is 1. The van der Waals surface area contributed by atoms with Gasteiger partial charge in [-0.05, 0) is 44.2 Å². The van der Waals surface area contributed by atoms with Crippen LogP contribution in [0.3, 0.4) is 0 Å². The van der Waals surface area contributed by atoms with Crippen LogP contribution in [0.5, 0.6) is 0 Å². The number of halogens is 1. The molecule has 1 aromatic rings. The van der Waals surface area contributed by atoms with Crippen LogP contribution in [0.4, 0.5) is 5.82 Å². The molecule has 3 rings (SSSR count). The normalized spacial score (nSPS) is 25.5. The smallest absolute Gasteiger partial charge is 0.148 e. The first-order chi connectivity index (χ1) is 11.6. The van der Waals surface area contributed by atoms with E-state index in [1.807, 2.05) is 6.92 Å². The van der Waals surface area contributed by atoms with Crippen LogP contribution in [0.25, 0.3) is 0 Å². The molecule has 0 bridgehead atoms. The van der Waals surface area contributed by atoms with E-state index >= 15 is 0 Å². The van der Waals surface area contributed by atoms with Crippen molar-refractivity contribution in [2.45, 2.75) is 63.6 Å². The van der Waals surface area contributed by atoms with Crippen LogP contribution in [0.15, 0.2) is 6.07 Å².